The van der Waals surface area contributed by atoms with E-state index >= 15 is 0 Å². The lowest BCUT2D eigenvalue weighted by Crippen LogP contribution is -2.84. The van der Waals surface area contributed by atoms with Crippen molar-refractivity contribution >= 4 is 0 Å². The number of aryl methyl sites for hydroxylation is 1. The van der Waals surface area contributed by atoms with Gasteiger partial charge in [-0.2, -0.15) is 43.9 Å². The summed E-state index contributed by atoms with van der Waals surface area (Å²) in [5.41, 5.74) is -9.88. The van der Waals surface area contributed by atoms with E-state index in [1.807, 2.05) is 0 Å². The van der Waals surface area contributed by atoms with E-state index < -0.39 is 52.9 Å². The first kappa shape index (κ1) is 22.7. The molecule has 1 aliphatic carbocycles. The van der Waals surface area contributed by atoms with Crippen molar-refractivity contribution in [3.63, 3.8) is 0 Å². The van der Waals surface area contributed by atoms with Crippen LogP contribution in [0, 0.1) is 6.92 Å². The van der Waals surface area contributed by atoms with Gasteiger partial charge in [0.25, 0.3) is 5.67 Å². The third-order valence-corrected chi connectivity index (χ3v) is 4.89. The maximum Gasteiger partial charge on any atom is 0.384 e. The molecule has 0 aliphatic heterocycles. The van der Waals surface area contributed by atoms with Gasteiger partial charge in [-0.05, 0) is 25.0 Å². The molecule has 1 saturated carbocycles. The van der Waals surface area contributed by atoms with Gasteiger partial charge in [-0.3, -0.25) is 0 Å². The first-order valence-electron chi connectivity index (χ1n) is 7.59. The van der Waals surface area contributed by atoms with Crippen LogP contribution in [0.2, 0.25) is 0 Å². The predicted molar refractivity (Wildman–Crippen MR) is 73.9 cm³/mol. The maximum atomic E-state index is 14.8. The molecule has 160 valence electrons. The summed E-state index contributed by atoms with van der Waals surface area (Å²) in [6.07, 6.45) is -2.72. The molecule has 1 atom stereocenters. The van der Waals surface area contributed by atoms with Crippen molar-refractivity contribution < 1.29 is 53.4 Å². The van der Waals surface area contributed by atoms with Gasteiger partial charge in [0.1, 0.15) is 0 Å². The second-order valence-corrected chi connectivity index (χ2v) is 6.94. The van der Waals surface area contributed by atoms with E-state index in [1.54, 1.807) is 0 Å². The molecule has 0 spiro atoms. The van der Waals surface area contributed by atoms with E-state index in [9.17, 15) is 53.4 Å². The Morgan fingerprint density at radius 1 is 0.714 bits per heavy atom. The van der Waals surface area contributed by atoms with Crippen molar-refractivity contribution in [1.29, 1.82) is 0 Å². The smallest absolute Gasteiger partial charge is 0.384 e. The standard InChI is InChI=1S/C16H13F11O/c1-8-5-3-4-6-9(8)10(2,28)7-11(17)12(18,19)14(22,23)16(26,27)15(24,25)13(11,20)21/h3-6,28H,7H2,1-2H3. The Balaban J connectivity index is 2.74. The van der Waals surface area contributed by atoms with Crippen LogP contribution in [0.15, 0.2) is 24.3 Å². The van der Waals surface area contributed by atoms with Gasteiger partial charge >= 0.3 is 29.6 Å². The molecule has 12 heteroatoms. The SMILES string of the molecule is Cc1ccccc1C(C)(O)CC1(F)C(F)(F)C(F)(F)C(F)(F)C(F)(F)C1(F)F. The average Bonchev–Trinajstić information content (AvgIpc) is 2.52. The van der Waals surface area contributed by atoms with Crippen LogP contribution in [0.3, 0.4) is 0 Å². The molecule has 1 aromatic carbocycles. The molecule has 0 radical (unpaired) electrons. The number of benzene rings is 1. The van der Waals surface area contributed by atoms with Crippen LogP contribution >= 0.6 is 0 Å². The summed E-state index contributed by atoms with van der Waals surface area (Å²) in [4.78, 5) is 0. The van der Waals surface area contributed by atoms with Crippen molar-refractivity contribution in [2.24, 2.45) is 0 Å². The quantitative estimate of drug-likeness (QED) is 0.629. The maximum absolute atomic E-state index is 14.8. The van der Waals surface area contributed by atoms with Gasteiger partial charge < -0.3 is 5.11 Å². The average molecular weight is 430 g/mol. The minimum absolute atomic E-state index is 0.0117. The zero-order valence-electron chi connectivity index (χ0n) is 14.1. The number of aliphatic hydroxyl groups is 1. The Morgan fingerprint density at radius 3 is 1.46 bits per heavy atom. The molecule has 1 N–H and O–H groups in total. The highest BCUT2D eigenvalue weighted by Gasteiger charge is 3.01. The Labute approximate surface area is 151 Å². The van der Waals surface area contributed by atoms with E-state index in [-0.39, 0.29) is 5.56 Å². The third-order valence-electron chi connectivity index (χ3n) is 4.89. The van der Waals surface area contributed by atoms with Crippen LogP contribution in [0.25, 0.3) is 0 Å². The van der Waals surface area contributed by atoms with Gasteiger partial charge in [0.2, 0.25) is 0 Å². The molecule has 1 unspecified atom stereocenters. The Kier molecular flexibility index (Phi) is 4.64. The summed E-state index contributed by atoms with van der Waals surface area (Å²) in [7, 11) is 0. The number of hydrogen-bond donors (Lipinski definition) is 1. The fourth-order valence-corrected chi connectivity index (χ4v) is 3.26. The molecule has 28 heavy (non-hydrogen) atoms. The lowest BCUT2D eigenvalue weighted by molar-refractivity contribution is -0.488. The first-order chi connectivity index (χ1) is 12.2. The molecule has 1 fully saturated rings. The Hall–Kier alpha value is -1.59. The van der Waals surface area contributed by atoms with Gasteiger partial charge in [0, 0.05) is 6.42 Å². The summed E-state index contributed by atoms with van der Waals surface area (Å²) in [5.74, 6) is -35.5. The summed E-state index contributed by atoms with van der Waals surface area (Å²) < 4.78 is 151. The second kappa shape index (κ2) is 5.73. The molecule has 2 rings (SSSR count). The van der Waals surface area contributed by atoms with Gasteiger partial charge in [-0.15, -0.1) is 0 Å². The second-order valence-electron chi connectivity index (χ2n) is 6.94. The summed E-state index contributed by atoms with van der Waals surface area (Å²) in [5, 5.41) is 10.2. The molecule has 0 saturated heterocycles. The Bertz CT molecular complexity index is 740. The van der Waals surface area contributed by atoms with E-state index in [2.05, 4.69) is 0 Å². The third kappa shape index (κ3) is 2.35. The van der Waals surface area contributed by atoms with E-state index in [0.717, 1.165) is 12.1 Å². The van der Waals surface area contributed by atoms with Gasteiger partial charge in [0.05, 0.1) is 5.60 Å². The van der Waals surface area contributed by atoms with Gasteiger partial charge in [-0.25, -0.2) is 4.39 Å². The zero-order chi connectivity index (χ0) is 22.2. The predicted octanol–water partition coefficient (Wildman–Crippen LogP) is 5.49. The van der Waals surface area contributed by atoms with E-state index in [1.165, 1.54) is 19.1 Å². The topological polar surface area (TPSA) is 20.2 Å². The molecular weight excluding hydrogens is 417 g/mol. The molecule has 1 aliphatic rings. The number of hydrogen-bond acceptors (Lipinski definition) is 1. The van der Waals surface area contributed by atoms with Crippen LogP contribution in [-0.2, 0) is 5.60 Å². The minimum atomic E-state index is -7.27. The fraction of sp³-hybridized carbons (Fsp3) is 0.625. The molecule has 1 aromatic rings. The van der Waals surface area contributed by atoms with E-state index in [0.29, 0.717) is 6.92 Å². The molecule has 0 amide bonds. The summed E-state index contributed by atoms with van der Waals surface area (Å²) in [6, 6.07) is 4.58. The molecule has 0 bridgehead atoms. The number of rotatable bonds is 3. The van der Waals surface area contributed by atoms with Crippen molar-refractivity contribution in [2.45, 2.75) is 61.2 Å². The fourth-order valence-electron chi connectivity index (χ4n) is 3.26. The molecule has 1 nitrogen and oxygen atoms in total. The monoisotopic (exact) mass is 430 g/mol. The lowest BCUT2D eigenvalue weighted by Gasteiger charge is -2.53. The number of halogens is 11. The van der Waals surface area contributed by atoms with E-state index in [4.69, 9.17) is 0 Å². The highest BCUT2D eigenvalue weighted by atomic mass is 19.4. The highest BCUT2D eigenvalue weighted by molar-refractivity contribution is 5.34. The summed E-state index contributed by atoms with van der Waals surface area (Å²) in [6.45, 7) is 1.63. The van der Waals surface area contributed by atoms with Gasteiger partial charge in [0.15, 0.2) is 0 Å². The molecule has 0 heterocycles. The normalized spacial score (nSPS) is 28.4. The van der Waals surface area contributed by atoms with Crippen molar-refractivity contribution in [3.8, 4) is 0 Å². The Morgan fingerprint density at radius 2 is 1.07 bits per heavy atom. The minimum Gasteiger partial charge on any atom is -0.385 e. The zero-order valence-corrected chi connectivity index (χ0v) is 14.1. The van der Waals surface area contributed by atoms with Crippen LogP contribution in [0.4, 0.5) is 48.3 Å². The largest absolute Gasteiger partial charge is 0.385 e. The molecule has 0 aromatic heterocycles. The first-order valence-corrected chi connectivity index (χ1v) is 7.59. The van der Waals surface area contributed by atoms with Crippen molar-refractivity contribution in [2.75, 3.05) is 0 Å². The van der Waals surface area contributed by atoms with Gasteiger partial charge in [-0.1, -0.05) is 24.3 Å². The highest BCUT2D eigenvalue weighted by Crippen LogP contribution is 2.71. The lowest BCUT2D eigenvalue weighted by atomic mass is 9.67. The van der Waals surface area contributed by atoms with Crippen LogP contribution < -0.4 is 0 Å². The number of alkyl halides is 11. The van der Waals surface area contributed by atoms with Crippen molar-refractivity contribution in [1.82, 2.24) is 0 Å². The van der Waals surface area contributed by atoms with Crippen molar-refractivity contribution in [3.05, 3.63) is 35.4 Å². The summed E-state index contributed by atoms with van der Waals surface area (Å²) >= 11 is 0. The van der Waals surface area contributed by atoms with Crippen LogP contribution in [0.5, 0.6) is 0 Å². The van der Waals surface area contributed by atoms with Crippen LogP contribution in [0.1, 0.15) is 24.5 Å². The molecular formula is C16H13F11O. The van der Waals surface area contributed by atoms with Crippen LogP contribution in [-0.4, -0.2) is 40.4 Å².